The van der Waals surface area contributed by atoms with Gasteiger partial charge in [-0.05, 0) is 19.3 Å². The van der Waals surface area contributed by atoms with Crippen molar-refractivity contribution in [3.8, 4) is 0 Å². The first-order chi connectivity index (χ1) is 6.13. The maximum Gasteiger partial charge on any atom is 0.233 e. The fourth-order valence-corrected chi connectivity index (χ4v) is 1.82. The van der Waals surface area contributed by atoms with Crippen molar-refractivity contribution in [1.82, 2.24) is 5.32 Å². The van der Waals surface area contributed by atoms with Crippen LogP contribution >= 0.6 is 12.2 Å². The molecular formula is C9H16N2OS. The van der Waals surface area contributed by atoms with Gasteiger partial charge in [0.25, 0.3) is 0 Å². The zero-order valence-electron chi connectivity index (χ0n) is 7.93. The van der Waals surface area contributed by atoms with Gasteiger partial charge in [-0.25, -0.2) is 0 Å². The largest absolute Gasteiger partial charge is 0.392 e. The fraction of sp³-hybridized carbons (Fsp3) is 0.778. The summed E-state index contributed by atoms with van der Waals surface area (Å²) in [5.74, 6) is 0.0214. The molecule has 0 aromatic rings. The minimum absolute atomic E-state index is 0.0214. The van der Waals surface area contributed by atoms with Gasteiger partial charge in [-0.2, -0.15) is 0 Å². The highest BCUT2D eigenvalue weighted by atomic mass is 32.1. The maximum absolute atomic E-state index is 11.7. The van der Waals surface area contributed by atoms with Crippen LogP contribution in [0.25, 0.3) is 0 Å². The molecule has 4 heteroatoms. The number of nitrogens with two attached hydrogens (primary N) is 1. The van der Waals surface area contributed by atoms with Crippen LogP contribution in [0, 0.1) is 5.41 Å². The fourth-order valence-electron chi connectivity index (χ4n) is 1.52. The van der Waals surface area contributed by atoms with Crippen molar-refractivity contribution in [2.75, 3.05) is 6.54 Å². The topological polar surface area (TPSA) is 55.1 Å². The molecule has 74 valence electrons. The molecule has 0 unspecified atom stereocenters. The van der Waals surface area contributed by atoms with Gasteiger partial charge in [-0.15, -0.1) is 0 Å². The number of nitrogens with one attached hydrogen (secondary N) is 1. The minimum Gasteiger partial charge on any atom is -0.392 e. The van der Waals surface area contributed by atoms with E-state index in [0.29, 0.717) is 11.5 Å². The van der Waals surface area contributed by atoms with E-state index in [1.807, 2.05) is 6.92 Å². The Bertz CT molecular complexity index is 224. The number of amides is 1. The normalized spacial score (nSPS) is 18.8. The highest BCUT2D eigenvalue weighted by Gasteiger charge is 2.46. The molecule has 1 amide bonds. The highest BCUT2D eigenvalue weighted by molar-refractivity contribution is 7.80. The van der Waals surface area contributed by atoms with E-state index in [1.165, 1.54) is 0 Å². The number of hydrogen-bond donors (Lipinski definition) is 2. The molecule has 0 aromatic heterocycles. The Labute approximate surface area is 84.1 Å². The van der Waals surface area contributed by atoms with Crippen molar-refractivity contribution in [1.29, 1.82) is 0 Å². The minimum atomic E-state index is -0.509. The molecule has 0 aromatic carbocycles. The molecule has 0 heterocycles. The van der Waals surface area contributed by atoms with Gasteiger partial charge in [0.15, 0.2) is 0 Å². The van der Waals surface area contributed by atoms with E-state index in [0.717, 1.165) is 25.7 Å². The van der Waals surface area contributed by atoms with E-state index in [1.54, 1.807) is 0 Å². The molecule has 1 saturated carbocycles. The zero-order chi connectivity index (χ0) is 9.90. The number of carbonyl (C=O) groups excluding carboxylic acids is 1. The predicted octanol–water partition coefficient (Wildman–Crippen LogP) is 0.969. The van der Waals surface area contributed by atoms with Crippen molar-refractivity contribution < 1.29 is 4.79 Å². The smallest absolute Gasteiger partial charge is 0.233 e. The molecule has 0 saturated heterocycles. The van der Waals surface area contributed by atoms with Crippen LogP contribution in [0.2, 0.25) is 0 Å². The van der Waals surface area contributed by atoms with Crippen LogP contribution in [0.3, 0.4) is 0 Å². The molecule has 3 N–H and O–H groups in total. The standard InChI is InChI=1S/C9H16N2OS/c1-2-6-11-8(12)9(7(10)13)4-3-5-9/h2-6H2,1H3,(H2,10,13)(H,11,12). The highest BCUT2D eigenvalue weighted by Crippen LogP contribution is 2.41. The van der Waals surface area contributed by atoms with Crippen LogP contribution in [-0.2, 0) is 4.79 Å². The van der Waals surface area contributed by atoms with Gasteiger partial charge in [0, 0.05) is 6.54 Å². The van der Waals surface area contributed by atoms with Gasteiger partial charge in [-0.1, -0.05) is 25.6 Å². The predicted molar refractivity (Wildman–Crippen MR) is 56.4 cm³/mol. The second-order valence-corrected chi connectivity index (χ2v) is 4.00. The number of thiocarbonyl (C=S) groups is 1. The summed E-state index contributed by atoms with van der Waals surface area (Å²) >= 11 is 4.92. The van der Waals surface area contributed by atoms with Crippen molar-refractivity contribution in [3.63, 3.8) is 0 Å². The van der Waals surface area contributed by atoms with Crippen molar-refractivity contribution >= 4 is 23.1 Å². The van der Waals surface area contributed by atoms with E-state index in [4.69, 9.17) is 18.0 Å². The SMILES string of the molecule is CCCNC(=O)C1(C(N)=S)CCC1. The molecule has 1 aliphatic rings. The third kappa shape index (κ3) is 1.82. The number of rotatable bonds is 4. The maximum atomic E-state index is 11.7. The first-order valence-electron chi connectivity index (χ1n) is 4.71. The summed E-state index contributed by atoms with van der Waals surface area (Å²) in [6.07, 6.45) is 3.63. The van der Waals surface area contributed by atoms with E-state index in [-0.39, 0.29) is 5.91 Å². The third-order valence-corrected chi connectivity index (χ3v) is 3.04. The zero-order valence-corrected chi connectivity index (χ0v) is 8.75. The molecule has 0 radical (unpaired) electrons. The van der Waals surface area contributed by atoms with Gasteiger partial charge in [0.1, 0.15) is 0 Å². The second-order valence-electron chi connectivity index (χ2n) is 3.56. The summed E-state index contributed by atoms with van der Waals surface area (Å²) in [6.45, 7) is 2.73. The molecular weight excluding hydrogens is 184 g/mol. The quantitative estimate of drug-likeness (QED) is 0.665. The lowest BCUT2D eigenvalue weighted by molar-refractivity contribution is -0.130. The van der Waals surface area contributed by atoms with Crippen LogP contribution < -0.4 is 11.1 Å². The van der Waals surface area contributed by atoms with Gasteiger partial charge in [0.2, 0.25) is 5.91 Å². The Hall–Kier alpha value is -0.640. The summed E-state index contributed by atoms with van der Waals surface area (Å²) < 4.78 is 0. The van der Waals surface area contributed by atoms with Crippen LogP contribution in [0.4, 0.5) is 0 Å². The lowest BCUT2D eigenvalue weighted by Gasteiger charge is -2.39. The van der Waals surface area contributed by atoms with Crippen LogP contribution in [0.5, 0.6) is 0 Å². The van der Waals surface area contributed by atoms with Crippen LogP contribution in [0.1, 0.15) is 32.6 Å². The Kier molecular flexibility index (Phi) is 3.25. The summed E-state index contributed by atoms with van der Waals surface area (Å²) in [7, 11) is 0. The van der Waals surface area contributed by atoms with Crippen LogP contribution in [0.15, 0.2) is 0 Å². The monoisotopic (exact) mass is 200 g/mol. The molecule has 1 rings (SSSR count). The Balaban J connectivity index is 2.56. The summed E-state index contributed by atoms with van der Waals surface area (Å²) in [5, 5.41) is 2.85. The van der Waals surface area contributed by atoms with Crippen LogP contribution in [-0.4, -0.2) is 17.4 Å². The van der Waals surface area contributed by atoms with Gasteiger partial charge in [-0.3, -0.25) is 4.79 Å². The van der Waals surface area contributed by atoms with Crippen molar-refractivity contribution in [3.05, 3.63) is 0 Å². The van der Waals surface area contributed by atoms with Crippen molar-refractivity contribution in [2.45, 2.75) is 32.6 Å². The lowest BCUT2D eigenvalue weighted by Crippen LogP contribution is -2.53. The first kappa shape index (κ1) is 10.4. The Morgan fingerprint density at radius 3 is 2.54 bits per heavy atom. The first-order valence-corrected chi connectivity index (χ1v) is 5.12. The number of carbonyl (C=O) groups is 1. The van der Waals surface area contributed by atoms with E-state index < -0.39 is 5.41 Å². The molecule has 13 heavy (non-hydrogen) atoms. The summed E-state index contributed by atoms with van der Waals surface area (Å²) in [4.78, 5) is 12.0. The van der Waals surface area contributed by atoms with Gasteiger partial charge < -0.3 is 11.1 Å². The summed E-state index contributed by atoms with van der Waals surface area (Å²) in [6, 6.07) is 0. The molecule has 0 spiro atoms. The van der Waals surface area contributed by atoms with Gasteiger partial charge in [0.05, 0.1) is 10.4 Å². The molecule has 3 nitrogen and oxygen atoms in total. The molecule has 0 aliphatic heterocycles. The average Bonchev–Trinajstić information content (AvgIpc) is 1.97. The molecule has 1 fully saturated rings. The Morgan fingerprint density at radius 1 is 1.62 bits per heavy atom. The summed E-state index contributed by atoms with van der Waals surface area (Å²) in [5.41, 5.74) is 5.07. The van der Waals surface area contributed by atoms with E-state index >= 15 is 0 Å². The molecule has 1 aliphatic carbocycles. The van der Waals surface area contributed by atoms with Crippen molar-refractivity contribution in [2.24, 2.45) is 11.1 Å². The second kappa shape index (κ2) is 4.05. The third-order valence-electron chi connectivity index (χ3n) is 2.65. The molecule has 0 bridgehead atoms. The average molecular weight is 200 g/mol. The van der Waals surface area contributed by atoms with E-state index in [2.05, 4.69) is 5.32 Å². The van der Waals surface area contributed by atoms with Gasteiger partial charge >= 0.3 is 0 Å². The number of hydrogen-bond acceptors (Lipinski definition) is 2. The molecule has 0 atom stereocenters. The lowest BCUT2D eigenvalue weighted by atomic mass is 9.68. The van der Waals surface area contributed by atoms with E-state index in [9.17, 15) is 4.79 Å². The Morgan fingerprint density at radius 2 is 2.23 bits per heavy atom.